The van der Waals surface area contributed by atoms with Crippen molar-refractivity contribution >= 4 is 11.8 Å². The smallest absolute Gasteiger partial charge is 0.336 e. The zero-order valence-corrected chi connectivity index (χ0v) is 11.4. The fraction of sp³-hybridized carbons (Fsp3) is 0.600. The van der Waals surface area contributed by atoms with E-state index in [0.29, 0.717) is 30.4 Å². The number of esters is 1. The van der Waals surface area contributed by atoms with Crippen LogP contribution in [-0.2, 0) is 14.3 Å². The summed E-state index contributed by atoms with van der Waals surface area (Å²) in [6.07, 6.45) is 3.01. The Morgan fingerprint density at radius 2 is 2.05 bits per heavy atom. The van der Waals surface area contributed by atoms with E-state index in [0.717, 1.165) is 5.57 Å². The summed E-state index contributed by atoms with van der Waals surface area (Å²) < 4.78 is 5.16. The third-order valence-electron chi connectivity index (χ3n) is 4.90. The van der Waals surface area contributed by atoms with Gasteiger partial charge in [-0.25, -0.2) is 4.79 Å². The molecule has 3 rings (SSSR count). The standard InChI is InChI=1S/C15H18O4/c1-8-4-10(16)6-14(3)7-15(18)12(5-11(8)14)9(2)13(17)19-15/h4,11,18H,5-7H2,1-3H3/t11-,14+,15-/m1/s1. The summed E-state index contributed by atoms with van der Waals surface area (Å²) in [6, 6.07) is 0. The zero-order chi connectivity index (χ0) is 14.0. The minimum Gasteiger partial charge on any atom is -0.426 e. The van der Waals surface area contributed by atoms with Crippen molar-refractivity contribution in [1.29, 1.82) is 0 Å². The van der Waals surface area contributed by atoms with E-state index in [9.17, 15) is 14.7 Å². The highest BCUT2D eigenvalue weighted by molar-refractivity contribution is 5.93. The van der Waals surface area contributed by atoms with E-state index in [1.165, 1.54) is 0 Å². The van der Waals surface area contributed by atoms with Gasteiger partial charge in [0.25, 0.3) is 0 Å². The minimum absolute atomic E-state index is 0.0910. The molecule has 0 bridgehead atoms. The predicted molar refractivity (Wildman–Crippen MR) is 68.0 cm³/mol. The van der Waals surface area contributed by atoms with Gasteiger partial charge in [0.1, 0.15) is 0 Å². The second kappa shape index (κ2) is 3.57. The highest BCUT2D eigenvalue weighted by Crippen LogP contribution is 2.57. The molecule has 0 aromatic carbocycles. The van der Waals surface area contributed by atoms with Crippen molar-refractivity contribution in [2.75, 3.05) is 0 Å². The third-order valence-corrected chi connectivity index (χ3v) is 4.90. The highest BCUT2D eigenvalue weighted by atomic mass is 16.7. The van der Waals surface area contributed by atoms with Gasteiger partial charge in [-0.05, 0) is 37.7 Å². The van der Waals surface area contributed by atoms with Gasteiger partial charge in [0.05, 0.1) is 0 Å². The number of ether oxygens (including phenoxy) is 1. The molecule has 1 N–H and O–H groups in total. The Labute approximate surface area is 112 Å². The Morgan fingerprint density at radius 3 is 2.74 bits per heavy atom. The first-order valence-electron chi connectivity index (χ1n) is 6.62. The summed E-state index contributed by atoms with van der Waals surface area (Å²) in [4.78, 5) is 23.5. The van der Waals surface area contributed by atoms with Crippen LogP contribution in [0.5, 0.6) is 0 Å². The second-order valence-corrected chi connectivity index (χ2v) is 6.40. The number of ketones is 1. The zero-order valence-electron chi connectivity index (χ0n) is 11.4. The number of rotatable bonds is 0. The summed E-state index contributed by atoms with van der Waals surface area (Å²) >= 11 is 0. The van der Waals surface area contributed by atoms with Crippen molar-refractivity contribution in [1.82, 2.24) is 0 Å². The Kier molecular flexibility index (Phi) is 2.37. The SMILES string of the molecule is CC1=CC(=O)C[C@@]2(C)C[C@@]3(O)OC(=O)C(C)=C3C[C@H]12. The number of carbonyl (C=O) groups excluding carboxylic acids is 2. The molecule has 3 atom stereocenters. The van der Waals surface area contributed by atoms with E-state index in [1.54, 1.807) is 13.0 Å². The normalized spacial score (nSPS) is 41.7. The lowest BCUT2D eigenvalue weighted by molar-refractivity contribution is -0.201. The average molecular weight is 262 g/mol. The molecule has 4 nitrogen and oxygen atoms in total. The van der Waals surface area contributed by atoms with Gasteiger partial charge >= 0.3 is 5.97 Å². The lowest BCUT2D eigenvalue weighted by Crippen LogP contribution is -2.49. The maximum Gasteiger partial charge on any atom is 0.336 e. The lowest BCUT2D eigenvalue weighted by atomic mass is 9.57. The van der Waals surface area contributed by atoms with Crippen LogP contribution in [0.25, 0.3) is 0 Å². The van der Waals surface area contributed by atoms with Crippen LogP contribution in [-0.4, -0.2) is 22.6 Å². The van der Waals surface area contributed by atoms with E-state index >= 15 is 0 Å². The summed E-state index contributed by atoms with van der Waals surface area (Å²) in [6.45, 7) is 5.66. The number of carbonyl (C=O) groups is 2. The topological polar surface area (TPSA) is 63.6 Å². The van der Waals surface area contributed by atoms with Gasteiger partial charge in [0, 0.05) is 24.0 Å². The Bertz CT molecular complexity index is 556. The molecule has 0 amide bonds. The quantitative estimate of drug-likeness (QED) is 0.677. The molecule has 1 aliphatic heterocycles. The maximum absolute atomic E-state index is 11.8. The molecule has 0 unspecified atom stereocenters. The molecule has 1 heterocycles. The van der Waals surface area contributed by atoms with Crippen molar-refractivity contribution in [2.45, 2.75) is 45.8 Å². The highest BCUT2D eigenvalue weighted by Gasteiger charge is 2.57. The first kappa shape index (κ1) is 12.6. The second-order valence-electron chi connectivity index (χ2n) is 6.40. The van der Waals surface area contributed by atoms with Crippen LogP contribution in [0.4, 0.5) is 0 Å². The van der Waals surface area contributed by atoms with E-state index in [2.05, 4.69) is 0 Å². The third kappa shape index (κ3) is 1.62. The van der Waals surface area contributed by atoms with Gasteiger partial charge in [-0.1, -0.05) is 12.5 Å². The fourth-order valence-corrected chi connectivity index (χ4v) is 3.98. The van der Waals surface area contributed by atoms with Crippen molar-refractivity contribution in [3.63, 3.8) is 0 Å². The molecule has 4 heteroatoms. The van der Waals surface area contributed by atoms with Crippen LogP contribution in [0.2, 0.25) is 0 Å². The number of allylic oxidation sites excluding steroid dienone is 2. The monoisotopic (exact) mass is 262 g/mol. The van der Waals surface area contributed by atoms with Gasteiger partial charge < -0.3 is 9.84 Å². The van der Waals surface area contributed by atoms with Crippen molar-refractivity contribution in [3.8, 4) is 0 Å². The van der Waals surface area contributed by atoms with Crippen molar-refractivity contribution in [2.24, 2.45) is 11.3 Å². The fourth-order valence-electron chi connectivity index (χ4n) is 3.98. The van der Waals surface area contributed by atoms with E-state index < -0.39 is 11.8 Å². The molecule has 0 radical (unpaired) electrons. The minimum atomic E-state index is -1.50. The summed E-state index contributed by atoms with van der Waals surface area (Å²) in [7, 11) is 0. The van der Waals surface area contributed by atoms with Gasteiger partial charge in [-0.2, -0.15) is 0 Å². The largest absolute Gasteiger partial charge is 0.426 e. The van der Waals surface area contributed by atoms with Crippen LogP contribution < -0.4 is 0 Å². The first-order chi connectivity index (χ1) is 8.75. The lowest BCUT2D eigenvalue weighted by Gasteiger charge is -2.49. The van der Waals surface area contributed by atoms with Crippen LogP contribution in [0, 0.1) is 11.3 Å². The van der Waals surface area contributed by atoms with Crippen LogP contribution in [0.1, 0.15) is 40.0 Å². The van der Waals surface area contributed by atoms with Crippen molar-refractivity contribution < 1.29 is 19.4 Å². The molecule has 3 aliphatic rings. The number of aliphatic hydroxyl groups is 1. The molecule has 19 heavy (non-hydrogen) atoms. The number of hydrogen-bond acceptors (Lipinski definition) is 4. The van der Waals surface area contributed by atoms with E-state index in [4.69, 9.17) is 4.74 Å². The molecule has 0 saturated heterocycles. The maximum atomic E-state index is 11.8. The molecule has 0 spiro atoms. The molecule has 0 aromatic rings. The molecule has 102 valence electrons. The van der Waals surface area contributed by atoms with Crippen LogP contribution in [0.15, 0.2) is 22.8 Å². The summed E-state index contributed by atoms with van der Waals surface area (Å²) in [5, 5.41) is 10.6. The van der Waals surface area contributed by atoms with E-state index in [-0.39, 0.29) is 17.1 Å². The summed E-state index contributed by atoms with van der Waals surface area (Å²) in [5.74, 6) is -1.64. The van der Waals surface area contributed by atoms with Crippen molar-refractivity contribution in [3.05, 3.63) is 22.8 Å². The average Bonchev–Trinajstić information content (AvgIpc) is 2.45. The Hall–Kier alpha value is -1.42. The van der Waals surface area contributed by atoms with Crippen LogP contribution in [0.3, 0.4) is 0 Å². The number of hydrogen-bond donors (Lipinski definition) is 1. The molecule has 1 saturated carbocycles. The number of fused-ring (bicyclic) bond motifs is 2. The molecular formula is C15H18O4. The Morgan fingerprint density at radius 1 is 1.37 bits per heavy atom. The first-order valence-corrected chi connectivity index (χ1v) is 6.62. The Balaban J connectivity index is 2.08. The predicted octanol–water partition coefficient (Wildman–Crippen LogP) is 1.88. The van der Waals surface area contributed by atoms with Gasteiger partial charge in [-0.3, -0.25) is 4.79 Å². The van der Waals surface area contributed by atoms with Gasteiger partial charge in [-0.15, -0.1) is 0 Å². The molecule has 1 fully saturated rings. The molecule has 0 aromatic heterocycles. The van der Waals surface area contributed by atoms with Gasteiger partial charge in [0.2, 0.25) is 5.79 Å². The molecule has 2 aliphatic carbocycles. The van der Waals surface area contributed by atoms with Gasteiger partial charge in [0.15, 0.2) is 5.78 Å². The van der Waals surface area contributed by atoms with Crippen LogP contribution >= 0.6 is 0 Å². The summed E-state index contributed by atoms with van der Waals surface area (Å²) in [5.41, 5.74) is 1.93. The van der Waals surface area contributed by atoms with E-state index in [1.807, 2.05) is 13.8 Å². The molecular weight excluding hydrogens is 244 g/mol.